The lowest BCUT2D eigenvalue weighted by Gasteiger charge is -2.42. The first-order valence-corrected chi connectivity index (χ1v) is 9.49. The van der Waals surface area contributed by atoms with Gasteiger partial charge in [0.1, 0.15) is 0 Å². The van der Waals surface area contributed by atoms with Crippen LogP contribution in [0, 0.1) is 5.92 Å². The van der Waals surface area contributed by atoms with Gasteiger partial charge in [-0.2, -0.15) is 0 Å². The Hall–Kier alpha value is -1.49. The van der Waals surface area contributed by atoms with Crippen molar-refractivity contribution >= 4 is 10.9 Å². The fourth-order valence-electron chi connectivity index (χ4n) is 4.52. The van der Waals surface area contributed by atoms with Crippen LogP contribution >= 0.6 is 0 Å². The standard InChI is InChI=1S/C21H28N2O2/c1-24-14-8-18-9-15-25-21(18)10-12-23(13-11-21)16-19-7-6-17-4-2-3-5-20(17)22-19/h2-7,18H,8-16H2,1H3. The molecule has 0 radical (unpaired) electrons. The quantitative estimate of drug-likeness (QED) is 0.832. The maximum atomic E-state index is 6.25. The summed E-state index contributed by atoms with van der Waals surface area (Å²) in [7, 11) is 1.79. The zero-order chi connectivity index (χ0) is 17.1. The van der Waals surface area contributed by atoms with Crippen molar-refractivity contribution in [3.05, 3.63) is 42.1 Å². The van der Waals surface area contributed by atoms with Gasteiger partial charge in [0.25, 0.3) is 0 Å². The van der Waals surface area contributed by atoms with Crippen LogP contribution < -0.4 is 0 Å². The molecule has 2 saturated heterocycles. The van der Waals surface area contributed by atoms with Gasteiger partial charge >= 0.3 is 0 Å². The number of benzene rings is 1. The number of hydrogen-bond acceptors (Lipinski definition) is 4. The molecule has 2 aliphatic rings. The molecule has 25 heavy (non-hydrogen) atoms. The lowest BCUT2D eigenvalue weighted by Crippen LogP contribution is -2.47. The zero-order valence-corrected chi connectivity index (χ0v) is 15.1. The minimum Gasteiger partial charge on any atom is -0.385 e. The van der Waals surface area contributed by atoms with Crippen LogP contribution in [0.2, 0.25) is 0 Å². The van der Waals surface area contributed by atoms with E-state index in [0.29, 0.717) is 5.92 Å². The van der Waals surface area contributed by atoms with Gasteiger partial charge in [-0.15, -0.1) is 0 Å². The number of ether oxygens (including phenoxy) is 2. The average Bonchev–Trinajstić information content (AvgIpc) is 3.04. The predicted octanol–water partition coefficient (Wildman–Crippen LogP) is 3.64. The number of pyridine rings is 1. The normalized spacial score (nSPS) is 23.5. The van der Waals surface area contributed by atoms with Crippen LogP contribution in [0.15, 0.2) is 36.4 Å². The van der Waals surface area contributed by atoms with Gasteiger partial charge in [0, 0.05) is 45.3 Å². The minimum absolute atomic E-state index is 0.103. The van der Waals surface area contributed by atoms with E-state index in [9.17, 15) is 0 Å². The molecular formula is C21H28N2O2. The molecule has 1 aromatic heterocycles. The molecule has 134 valence electrons. The van der Waals surface area contributed by atoms with Crippen LogP contribution in [0.5, 0.6) is 0 Å². The first-order valence-electron chi connectivity index (χ1n) is 9.49. The highest BCUT2D eigenvalue weighted by Crippen LogP contribution is 2.42. The maximum Gasteiger partial charge on any atom is 0.0736 e. The summed E-state index contributed by atoms with van der Waals surface area (Å²) < 4.78 is 11.5. The Kier molecular flexibility index (Phi) is 5.02. The van der Waals surface area contributed by atoms with Crippen molar-refractivity contribution in [1.29, 1.82) is 0 Å². The lowest BCUT2D eigenvalue weighted by atomic mass is 9.78. The van der Waals surface area contributed by atoms with Gasteiger partial charge < -0.3 is 9.47 Å². The molecule has 0 amide bonds. The topological polar surface area (TPSA) is 34.6 Å². The lowest BCUT2D eigenvalue weighted by molar-refractivity contribution is -0.0722. The number of likely N-dealkylation sites (tertiary alicyclic amines) is 1. The van der Waals surface area contributed by atoms with Gasteiger partial charge in [0.15, 0.2) is 0 Å². The van der Waals surface area contributed by atoms with E-state index in [1.165, 1.54) is 11.8 Å². The largest absolute Gasteiger partial charge is 0.385 e. The maximum absolute atomic E-state index is 6.25. The van der Waals surface area contributed by atoms with Crippen LogP contribution in [0.25, 0.3) is 10.9 Å². The molecule has 1 unspecified atom stereocenters. The SMILES string of the molecule is COCCC1CCOC12CCN(Cc1ccc3ccccc3n1)CC2. The molecule has 4 heteroatoms. The van der Waals surface area contributed by atoms with Crippen LogP contribution in [-0.2, 0) is 16.0 Å². The third kappa shape index (κ3) is 3.57. The van der Waals surface area contributed by atoms with Gasteiger partial charge in [0.05, 0.1) is 16.8 Å². The molecular weight excluding hydrogens is 312 g/mol. The number of aromatic nitrogens is 1. The molecule has 4 nitrogen and oxygen atoms in total. The summed E-state index contributed by atoms with van der Waals surface area (Å²) in [5, 5.41) is 1.21. The van der Waals surface area contributed by atoms with Crippen molar-refractivity contribution < 1.29 is 9.47 Å². The Morgan fingerprint density at radius 2 is 2.04 bits per heavy atom. The van der Waals surface area contributed by atoms with E-state index in [1.807, 2.05) is 0 Å². The highest BCUT2D eigenvalue weighted by Gasteiger charge is 2.45. The van der Waals surface area contributed by atoms with Crippen LogP contribution in [0.1, 0.15) is 31.4 Å². The number of methoxy groups -OCH3 is 1. The van der Waals surface area contributed by atoms with E-state index in [1.54, 1.807) is 7.11 Å². The summed E-state index contributed by atoms with van der Waals surface area (Å²) in [6, 6.07) is 12.7. The summed E-state index contributed by atoms with van der Waals surface area (Å²) in [6.07, 6.45) is 4.59. The molecule has 0 saturated carbocycles. The van der Waals surface area contributed by atoms with Crippen molar-refractivity contribution in [1.82, 2.24) is 9.88 Å². The molecule has 1 atom stereocenters. The molecule has 3 heterocycles. The van der Waals surface area contributed by atoms with E-state index in [0.717, 1.165) is 63.3 Å². The Labute approximate surface area is 150 Å². The summed E-state index contributed by atoms with van der Waals surface area (Å²) >= 11 is 0. The molecule has 0 bridgehead atoms. The second-order valence-corrected chi connectivity index (χ2v) is 7.45. The number of hydrogen-bond donors (Lipinski definition) is 0. The number of fused-ring (bicyclic) bond motifs is 1. The molecule has 0 aliphatic carbocycles. The van der Waals surface area contributed by atoms with Crippen molar-refractivity contribution in [3.8, 4) is 0 Å². The Morgan fingerprint density at radius 3 is 2.88 bits per heavy atom. The van der Waals surface area contributed by atoms with E-state index < -0.39 is 0 Å². The first kappa shape index (κ1) is 17.0. The monoisotopic (exact) mass is 340 g/mol. The number of rotatable bonds is 5. The van der Waals surface area contributed by atoms with E-state index in [4.69, 9.17) is 14.5 Å². The Bertz CT molecular complexity index is 710. The minimum atomic E-state index is 0.103. The number of piperidine rings is 1. The second-order valence-electron chi connectivity index (χ2n) is 7.45. The average molecular weight is 340 g/mol. The summed E-state index contributed by atoms with van der Waals surface area (Å²) in [5.41, 5.74) is 2.36. The fourth-order valence-corrected chi connectivity index (χ4v) is 4.52. The third-order valence-corrected chi connectivity index (χ3v) is 6.01. The first-order chi connectivity index (χ1) is 12.3. The molecule has 2 aliphatic heterocycles. The smallest absolute Gasteiger partial charge is 0.0736 e. The fraction of sp³-hybridized carbons (Fsp3) is 0.571. The zero-order valence-electron chi connectivity index (χ0n) is 15.1. The van der Waals surface area contributed by atoms with Crippen molar-refractivity contribution in [2.75, 3.05) is 33.4 Å². The summed E-state index contributed by atoms with van der Waals surface area (Å²) in [6.45, 7) is 4.89. The molecule has 2 fully saturated rings. The van der Waals surface area contributed by atoms with Crippen LogP contribution in [0.4, 0.5) is 0 Å². The Balaban J connectivity index is 1.38. The summed E-state index contributed by atoms with van der Waals surface area (Å²) in [4.78, 5) is 7.35. The van der Waals surface area contributed by atoms with Gasteiger partial charge in [-0.3, -0.25) is 9.88 Å². The second kappa shape index (κ2) is 7.40. The molecule has 1 aromatic carbocycles. The molecule has 1 spiro atoms. The van der Waals surface area contributed by atoms with E-state index in [-0.39, 0.29) is 5.60 Å². The van der Waals surface area contributed by atoms with Crippen molar-refractivity contribution in [2.24, 2.45) is 5.92 Å². The van der Waals surface area contributed by atoms with Crippen molar-refractivity contribution in [2.45, 2.75) is 37.8 Å². The van der Waals surface area contributed by atoms with E-state index in [2.05, 4.69) is 41.3 Å². The highest BCUT2D eigenvalue weighted by atomic mass is 16.5. The summed E-state index contributed by atoms with van der Waals surface area (Å²) in [5.74, 6) is 0.661. The number of para-hydroxylation sites is 1. The van der Waals surface area contributed by atoms with Crippen LogP contribution in [0.3, 0.4) is 0 Å². The Morgan fingerprint density at radius 1 is 1.20 bits per heavy atom. The van der Waals surface area contributed by atoms with Crippen LogP contribution in [-0.4, -0.2) is 48.9 Å². The third-order valence-electron chi connectivity index (χ3n) is 6.01. The number of nitrogens with zero attached hydrogens (tertiary/aromatic N) is 2. The van der Waals surface area contributed by atoms with Gasteiger partial charge in [-0.1, -0.05) is 24.3 Å². The highest BCUT2D eigenvalue weighted by molar-refractivity contribution is 5.78. The van der Waals surface area contributed by atoms with E-state index >= 15 is 0 Å². The molecule has 0 N–H and O–H groups in total. The molecule has 2 aromatic rings. The van der Waals surface area contributed by atoms with Crippen molar-refractivity contribution in [3.63, 3.8) is 0 Å². The van der Waals surface area contributed by atoms with Gasteiger partial charge in [0.2, 0.25) is 0 Å². The molecule has 4 rings (SSSR count). The van der Waals surface area contributed by atoms with Gasteiger partial charge in [-0.05, 0) is 43.7 Å². The van der Waals surface area contributed by atoms with Gasteiger partial charge in [-0.25, -0.2) is 0 Å². The predicted molar refractivity (Wildman–Crippen MR) is 99.5 cm³/mol.